The molecule has 1 atom stereocenters. The molecule has 0 aliphatic carbocycles. The second-order valence-electron chi connectivity index (χ2n) is 9.39. The van der Waals surface area contributed by atoms with Gasteiger partial charge in [-0.1, -0.05) is 11.6 Å². The molecule has 3 aromatic rings. The number of carboxylic acid groups (broad SMARTS) is 1. The maximum absolute atomic E-state index is 15.6. The molecule has 0 bridgehead atoms. The van der Waals surface area contributed by atoms with Crippen LogP contribution in [-0.2, 0) is 4.79 Å². The monoisotopic (exact) mass is 554 g/mol. The van der Waals surface area contributed by atoms with Gasteiger partial charge in [0.15, 0.2) is 17.5 Å². The van der Waals surface area contributed by atoms with E-state index in [1.807, 2.05) is 4.90 Å². The number of likely N-dealkylation sites (tertiary alicyclic amines) is 1. The van der Waals surface area contributed by atoms with Crippen LogP contribution in [0.15, 0.2) is 36.5 Å². The van der Waals surface area contributed by atoms with Crippen molar-refractivity contribution >= 4 is 28.5 Å². The lowest BCUT2D eigenvalue weighted by molar-refractivity contribution is -0.153. The fourth-order valence-electron chi connectivity index (χ4n) is 4.84. The summed E-state index contributed by atoms with van der Waals surface area (Å²) in [4.78, 5) is 18.5. The van der Waals surface area contributed by atoms with Crippen molar-refractivity contribution in [2.24, 2.45) is 5.41 Å². The van der Waals surface area contributed by atoms with E-state index >= 15 is 4.39 Å². The molecule has 1 N–H and O–H groups in total. The van der Waals surface area contributed by atoms with Crippen LogP contribution in [0.5, 0.6) is 11.5 Å². The van der Waals surface area contributed by atoms with E-state index in [4.69, 9.17) is 21.1 Å². The molecule has 2 heterocycles. The van der Waals surface area contributed by atoms with Crippen molar-refractivity contribution in [2.75, 3.05) is 33.4 Å². The number of rotatable bonds is 10. The quantitative estimate of drug-likeness (QED) is 0.233. The summed E-state index contributed by atoms with van der Waals surface area (Å²) in [6.07, 6.45) is 0.570. The Kier molecular flexibility index (Phi) is 8.62. The van der Waals surface area contributed by atoms with Gasteiger partial charge in [0.2, 0.25) is 0 Å². The molecule has 0 saturated carbocycles. The number of benzene rings is 2. The number of hydrogen-bond acceptors (Lipinski definition) is 5. The van der Waals surface area contributed by atoms with Crippen LogP contribution in [0.25, 0.3) is 10.9 Å². The number of carbonyl (C=O) groups is 1. The number of fused-ring (bicyclic) bond motifs is 1. The van der Waals surface area contributed by atoms with E-state index in [1.165, 1.54) is 13.3 Å². The number of alkyl halides is 1. The maximum atomic E-state index is 15.6. The minimum absolute atomic E-state index is 0.0346. The van der Waals surface area contributed by atoms with Gasteiger partial charge in [-0.3, -0.25) is 14.7 Å². The molecule has 1 aliphatic heterocycles. The highest BCUT2D eigenvalue weighted by molar-refractivity contribution is 6.32. The predicted octanol–water partition coefficient (Wildman–Crippen LogP) is 6.35. The Morgan fingerprint density at radius 1 is 1.16 bits per heavy atom. The normalized spacial score (nSPS) is 16.4. The van der Waals surface area contributed by atoms with Crippen LogP contribution in [0, 0.1) is 22.9 Å². The number of carboxylic acids is 1. The third kappa shape index (κ3) is 5.96. The third-order valence-electron chi connectivity index (χ3n) is 7.16. The molecule has 204 valence electrons. The maximum Gasteiger partial charge on any atom is 0.309 e. The van der Waals surface area contributed by atoms with Gasteiger partial charge in [-0.2, -0.15) is 0 Å². The average Bonchev–Trinajstić information content (AvgIpc) is 2.90. The van der Waals surface area contributed by atoms with E-state index in [0.717, 1.165) is 12.1 Å². The van der Waals surface area contributed by atoms with Crippen LogP contribution in [-0.4, -0.2) is 54.3 Å². The number of nitrogens with zero attached hydrogens (tertiary/aromatic N) is 2. The minimum atomic E-state index is -1.56. The van der Waals surface area contributed by atoms with Crippen LogP contribution in [0.4, 0.5) is 17.6 Å². The van der Waals surface area contributed by atoms with Gasteiger partial charge in [0.25, 0.3) is 0 Å². The molecule has 4 rings (SSSR count). The Labute approximate surface area is 222 Å². The van der Waals surface area contributed by atoms with Crippen LogP contribution in [0.1, 0.15) is 37.4 Å². The summed E-state index contributed by atoms with van der Waals surface area (Å²) < 4.78 is 66.0. The van der Waals surface area contributed by atoms with Crippen molar-refractivity contribution in [2.45, 2.75) is 31.9 Å². The van der Waals surface area contributed by atoms with Crippen LogP contribution in [0.2, 0.25) is 5.02 Å². The summed E-state index contributed by atoms with van der Waals surface area (Å²) in [5.41, 5.74) is -0.278. The Bertz CT molecular complexity index is 1290. The second-order valence-corrected chi connectivity index (χ2v) is 9.79. The Morgan fingerprint density at radius 3 is 2.47 bits per heavy atom. The van der Waals surface area contributed by atoms with E-state index in [1.54, 1.807) is 18.2 Å². The first-order chi connectivity index (χ1) is 18.1. The number of aliphatic carboxylic acids is 1. The Morgan fingerprint density at radius 2 is 1.84 bits per heavy atom. The first-order valence-electron chi connectivity index (χ1n) is 12.1. The summed E-state index contributed by atoms with van der Waals surface area (Å²) in [5.74, 6) is -4.82. The first-order valence-corrected chi connectivity index (χ1v) is 12.5. The molecule has 2 aromatic carbocycles. The van der Waals surface area contributed by atoms with Crippen molar-refractivity contribution in [3.8, 4) is 11.5 Å². The van der Waals surface area contributed by atoms with Crippen molar-refractivity contribution in [3.05, 3.63) is 64.6 Å². The van der Waals surface area contributed by atoms with Crippen molar-refractivity contribution in [1.29, 1.82) is 0 Å². The number of hydrogen-bond donors (Lipinski definition) is 1. The number of methoxy groups -OCH3 is 1. The molecule has 11 heteroatoms. The zero-order valence-corrected chi connectivity index (χ0v) is 21.4. The van der Waals surface area contributed by atoms with E-state index in [-0.39, 0.29) is 35.8 Å². The lowest BCUT2D eigenvalue weighted by atomic mass is 9.74. The van der Waals surface area contributed by atoms with Gasteiger partial charge in [-0.05, 0) is 57.0 Å². The molecule has 0 unspecified atom stereocenters. The van der Waals surface area contributed by atoms with Gasteiger partial charge >= 0.3 is 5.97 Å². The van der Waals surface area contributed by atoms with Crippen molar-refractivity contribution in [3.63, 3.8) is 0 Å². The van der Waals surface area contributed by atoms with Crippen LogP contribution < -0.4 is 9.47 Å². The van der Waals surface area contributed by atoms with E-state index in [2.05, 4.69) is 4.98 Å². The number of piperidine rings is 1. The Hall–Kier alpha value is -3.11. The van der Waals surface area contributed by atoms with Gasteiger partial charge in [-0.15, -0.1) is 0 Å². The van der Waals surface area contributed by atoms with Gasteiger partial charge in [0.05, 0.1) is 23.1 Å². The second kappa shape index (κ2) is 11.7. The van der Waals surface area contributed by atoms with Crippen LogP contribution >= 0.6 is 11.6 Å². The lowest BCUT2D eigenvalue weighted by Gasteiger charge is -2.39. The first kappa shape index (κ1) is 27.9. The molecule has 1 saturated heterocycles. The zero-order chi connectivity index (χ0) is 27.4. The lowest BCUT2D eigenvalue weighted by Crippen LogP contribution is -2.45. The third-order valence-corrected chi connectivity index (χ3v) is 7.46. The number of pyridine rings is 1. The summed E-state index contributed by atoms with van der Waals surface area (Å²) in [5, 5.41) is 10.7. The number of ether oxygens (including phenoxy) is 2. The summed E-state index contributed by atoms with van der Waals surface area (Å²) in [6, 6.07) is 6.63. The molecule has 1 fully saturated rings. The molecule has 1 aliphatic rings. The van der Waals surface area contributed by atoms with Gasteiger partial charge < -0.3 is 14.6 Å². The highest BCUT2D eigenvalue weighted by atomic mass is 35.5. The highest BCUT2D eigenvalue weighted by Crippen LogP contribution is 2.42. The smallest absolute Gasteiger partial charge is 0.309 e. The van der Waals surface area contributed by atoms with Crippen molar-refractivity contribution < 1.29 is 36.9 Å². The van der Waals surface area contributed by atoms with Gasteiger partial charge in [-0.25, -0.2) is 17.6 Å². The molecule has 0 radical (unpaired) electrons. The predicted molar refractivity (Wildman–Crippen MR) is 134 cm³/mol. The fourth-order valence-corrected chi connectivity index (χ4v) is 5.11. The SMILES string of the molecule is COc1ccc2ncc(Cl)c([C@H](F)CCC3(C(=O)O)CCN(CCOc4cc(F)c(F)c(F)c4)CC3)c2c1. The summed E-state index contributed by atoms with van der Waals surface area (Å²) in [7, 11) is 1.50. The minimum Gasteiger partial charge on any atom is -0.497 e. The average molecular weight is 555 g/mol. The van der Waals surface area contributed by atoms with E-state index in [0.29, 0.717) is 49.1 Å². The molecular weight excluding hydrogens is 528 g/mol. The molecule has 0 spiro atoms. The zero-order valence-electron chi connectivity index (χ0n) is 20.7. The number of halogens is 5. The van der Waals surface area contributed by atoms with E-state index < -0.39 is 35.0 Å². The molecule has 0 amide bonds. The summed E-state index contributed by atoms with van der Waals surface area (Å²) >= 11 is 6.31. The molecule has 6 nitrogen and oxygen atoms in total. The molecular formula is C27H27ClF4N2O4. The van der Waals surface area contributed by atoms with Crippen molar-refractivity contribution in [1.82, 2.24) is 9.88 Å². The largest absolute Gasteiger partial charge is 0.497 e. The summed E-state index contributed by atoms with van der Waals surface area (Å²) in [6.45, 7) is 1.31. The van der Waals surface area contributed by atoms with Gasteiger partial charge in [0, 0.05) is 35.8 Å². The highest BCUT2D eigenvalue weighted by Gasteiger charge is 2.41. The number of aromatic nitrogens is 1. The molecule has 1 aromatic heterocycles. The van der Waals surface area contributed by atoms with Crippen LogP contribution in [0.3, 0.4) is 0 Å². The van der Waals surface area contributed by atoms with Gasteiger partial charge in [0.1, 0.15) is 24.3 Å². The fraction of sp³-hybridized carbons (Fsp3) is 0.407. The standard InChI is InChI=1S/C27H27ClF4N2O4/c1-37-16-2-3-23-18(12-16)24(19(28)15-33-23)20(29)4-5-27(26(35)36)6-8-34(9-7-27)10-11-38-17-13-21(30)25(32)22(31)14-17/h2-3,12-15,20H,4-11H2,1H3,(H,35,36)/t20-/m1/s1. The topological polar surface area (TPSA) is 71.9 Å². The van der Waals surface area contributed by atoms with E-state index in [9.17, 15) is 23.1 Å². The molecule has 38 heavy (non-hydrogen) atoms. The Balaban J connectivity index is 1.36.